The summed E-state index contributed by atoms with van der Waals surface area (Å²) in [6, 6.07) is -0.575. The summed E-state index contributed by atoms with van der Waals surface area (Å²) in [6.45, 7) is 9.20. The lowest BCUT2D eigenvalue weighted by atomic mass is 10.0. The number of nitrogens with one attached hydrogen (secondary N) is 1. The second-order valence-corrected chi connectivity index (χ2v) is 6.12. The van der Waals surface area contributed by atoms with Crippen LogP contribution in [0.4, 0.5) is 0 Å². The van der Waals surface area contributed by atoms with E-state index in [2.05, 4.69) is 5.32 Å². The monoisotopic (exact) mass is 261 g/mol. The Morgan fingerprint density at radius 3 is 2.18 bits per heavy atom. The topological polar surface area (TPSA) is 55.4 Å². The first-order valence-electron chi connectivity index (χ1n) is 5.68. The third-order valence-electron chi connectivity index (χ3n) is 1.92. The highest BCUT2D eigenvalue weighted by Crippen LogP contribution is 2.12. The molecule has 0 fully saturated rings. The average Bonchev–Trinajstić information content (AvgIpc) is 2.11. The summed E-state index contributed by atoms with van der Waals surface area (Å²) in [5, 5.41) is 2.71. The molecule has 1 amide bonds. The molecule has 0 rings (SSSR count). The van der Waals surface area contributed by atoms with E-state index in [1.807, 2.05) is 40.9 Å². The smallest absolute Gasteiger partial charge is 0.329 e. The lowest BCUT2D eigenvalue weighted by Gasteiger charge is -2.26. The maximum absolute atomic E-state index is 11.9. The first kappa shape index (κ1) is 16.3. The number of carbonyl (C=O) groups is 2. The SMILES string of the molecule is CSCC(=O)N[C@@H](C(=O)OC(C)(C)C)C(C)C. The van der Waals surface area contributed by atoms with Crippen molar-refractivity contribution in [3.05, 3.63) is 0 Å². The third-order valence-corrected chi connectivity index (χ3v) is 2.47. The number of hydrogen-bond acceptors (Lipinski definition) is 4. The van der Waals surface area contributed by atoms with Gasteiger partial charge in [0.05, 0.1) is 5.75 Å². The van der Waals surface area contributed by atoms with E-state index in [1.54, 1.807) is 0 Å². The maximum Gasteiger partial charge on any atom is 0.329 e. The Bertz CT molecular complexity index is 271. The van der Waals surface area contributed by atoms with Gasteiger partial charge < -0.3 is 10.1 Å². The quantitative estimate of drug-likeness (QED) is 0.767. The molecular formula is C12H23NO3S. The number of rotatable bonds is 5. The zero-order chi connectivity index (χ0) is 13.6. The summed E-state index contributed by atoms with van der Waals surface area (Å²) in [5.41, 5.74) is -0.533. The minimum atomic E-state index is -0.575. The molecule has 0 saturated carbocycles. The summed E-state index contributed by atoms with van der Waals surface area (Å²) < 4.78 is 5.28. The van der Waals surface area contributed by atoms with Gasteiger partial charge in [0.2, 0.25) is 5.91 Å². The minimum Gasteiger partial charge on any atom is -0.458 e. The van der Waals surface area contributed by atoms with Crippen LogP contribution in [0.3, 0.4) is 0 Å². The predicted molar refractivity (Wildman–Crippen MR) is 71.0 cm³/mol. The molecule has 0 aliphatic rings. The van der Waals surface area contributed by atoms with Crippen molar-refractivity contribution in [1.29, 1.82) is 0 Å². The predicted octanol–water partition coefficient (Wildman–Crippen LogP) is 1.83. The van der Waals surface area contributed by atoms with Crippen molar-refractivity contribution in [3.8, 4) is 0 Å². The Labute approximate surface area is 108 Å². The second-order valence-electron chi connectivity index (χ2n) is 5.26. The first-order chi connectivity index (χ1) is 7.67. The van der Waals surface area contributed by atoms with Crippen LogP contribution in [-0.2, 0) is 14.3 Å². The van der Waals surface area contributed by atoms with Crippen molar-refractivity contribution >= 4 is 23.6 Å². The van der Waals surface area contributed by atoms with Gasteiger partial charge in [-0.05, 0) is 32.9 Å². The molecule has 1 atom stereocenters. The Balaban J connectivity index is 4.53. The van der Waals surface area contributed by atoms with Crippen molar-refractivity contribution in [1.82, 2.24) is 5.32 Å². The number of thioether (sulfide) groups is 1. The molecule has 0 bridgehead atoms. The van der Waals surface area contributed by atoms with E-state index in [4.69, 9.17) is 4.74 Å². The van der Waals surface area contributed by atoms with Crippen LogP contribution in [0.1, 0.15) is 34.6 Å². The van der Waals surface area contributed by atoms with E-state index in [0.29, 0.717) is 5.75 Å². The van der Waals surface area contributed by atoms with Gasteiger partial charge in [-0.25, -0.2) is 4.79 Å². The molecule has 4 nitrogen and oxygen atoms in total. The van der Waals surface area contributed by atoms with Crippen LogP contribution in [0.5, 0.6) is 0 Å². The van der Waals surface area contributed by atoms with Crippen molar-refractivity contribution in [3.63, 3.8) is 0 Å². The number of amides is 1. The zero-order valence-corrected chi connectivity index (χ0v) is 12.3. The molecule has 0 aromatic rings. The van der Waals surface area contributed by atoms with Crippen LogP contribution >= 0.6 is 11.8 Å². The summed E-state index contributed by atoms with van der Waals surface area (Å²) in [5.74, 6) is -0.147. The fraction of sp³-hybridized carbons (Fsp3) is 0.833. The molecule has 1 N–H and O–H groups in total. The highest BCUT2D eigenvalue weighted by atomic mass is 32.2. The van der Waals surface area contributed by atoms with E-state index >= 15 is 0 Å². The standard InChI is InChI=1S/C12H23NO3S/c1-8(2)10(13-9(14)7-17-6)11(15)16-12(3,4)5/h8,10H,7H2,1-6H3,(H,13,14)/t10-/m1/s1. The Morgan fingerprint density at radius 1 is 1.29 bits per heavy atom. The van der Waals surface area contributed by atoms with Gasteiger partial charge in [-0.2, -0.15) is 11.8 Å². The zero-order valence-electron chi connectivity index (χ0n) is 11.5. The molecule has 0 aromatic carbocycles. The van der Waals surface area contributed by atoms with E-state index in [0.717, 1.165) is 0 Å². The second kappa shape index (κ2) is 6.89. The fourth-order valence-electron chi connectivity index (χ4n) is 1.21. The van der Waals surface area contributed by atoms with Crippen LogP contribution in [0.15, 0.2) is 0 Å². The number of carbonyl (C=O) groups excluding carboxylic acids is 2. The highest BCUT2D eigenvalue weighted by molar-refractivity contribution is 7.99. The average molecular weight is 261 g/mol. The van der Waals surface area contributed by atoms with Crippen LogP contribution in [-0.4, -0.2) is 35.5 Å². The van der Waals surface area contributed by atoms with Crippen molar-refractivity contribution in [2.75, 3.05) is 12.0 Å². The molecule has 0 unspecified atom stereocenters. The lowest BCUT2D eigenvalue weighted by Crippen LogP contribution is -2.47. The van der Waals surface area contributed by atoms with Gasteiger partial charge in [-0.3, -0.25) is 4.79 Å². The van der Waals surface area contributed by atoms with Gasteiger partial charge in [-0.1, -0.05) is 13.8 Å². The Morgan fingerprint density at radius 2 is 1.82 bits per heavy atom. The molecule has 0 aliphatic carbocycles. The molecule has 0 aromatic heterocycles. The number of hydrogen-bond donors (Lipinski definition) is 1. The van der Waals surface area contributed by atoms with Crippen LogP contribution in [0.25, 0.3) is 0 Å². The summed E-state index contributed by atoms with van der Waals surface area (Å²) in [7, 11) is 0. The van der Waals surface area contributed by atoms with E-state index in [1.165, 1.54) is 11.8 Å². The lowest BCUT2D eigenvalue weighted by molar-refractivity contribution is -0.159. The molecule has 17 heavy (non-hydrogen) atoms. The van der Waals surface area contributed by atoms with Gasteiger partial charge >= 0.3 is 5.97 Å². The fourth-order valence-corrected chi connectivity index (χ4v) is 1.55. The summed E-state index contributed by atoms with van der Waals surface area (Å²) in [6.07, 6.45) is 1.84. The normalized spacial score (nSPS) is 13.4. The van der Waals surface area contributed by atoms with Gasteiger partial charge in [0.25, 0.3) is 0 Å². The molecule has 5 heteroatoms. The Kier molecular flexibility index (Phi) is 6.60. The molecule has 100 valence electrons. The maximum atomic E-state index is 11.9. The molecule has 0 heterocycles. The minimum absolute atomic E-state index is 0.00987. The van der Waals surface area contributed by atoms with Crippen molar-refractivity contribution in [2.24, 2.45) is 5.92 Å². The molecule has 0 radical (unpaired) electrons. The van der Waals surface area contributed by atoms with Crippen LogP contribution < -0.4 is 5.32 Å². The van der Waals surface area contributed by atoms with Crippen LogP contribution in [0, 0.1) is 5.92 Å². The first-order valence-corrected chi connectivity index (χ1v) is 7.08. The van der Waals surface area contributed by atoms with Gasteiger partial charge in [0, 0.05) is 0 Å². The van der Waals surface area contributed by atoms with Gasteiger partial charge in [-0.15, -0.1) is 0 Å². The molecule has 0 aliphatic heterocycles. The molecule has 0 saturated heterocycles. The van der Waals surface area contributed by atoms with Gasteiger partial charge in [0.1, 0.15) is 11.6 Å². The van der Waals surface area contributed by atoms with E-state index < -0.39 is 11.6 Å². The largest absolute Gasteiger partial charge is 0.458 e. The Hall–Kier alpha value is -0.710. The van der Waals surface area contributed by atoms with Gasteiger partial charge in [0.15, 0.2) is 0 Å². The van der Waals surface area contributed by atoms with E-state index in [9.17, 15) is 9.59 Å². The molecule has 0 spiro atoms. The van der Waals surface area contributed by atoms with Crippen molar-refractivity contribution in [2.45, 2.75) is 46.3 Å². The molecular weight excluding hydrogens is 238 g/mol. The summed E-state index contributed by atoms with van der Waals surface area (Å²) in [4.78, 5) is 23.4. The number of esters is 1. The highest BCUT2D eigenvalue weighted by Gasteiger charge is 2.28. The van der Waals surface area contributed by atoms with E-state index in [-0.39, 0.29) is 17.8 Å². The summed E-state index contributed by atoms with van der Waals surface area (Å²) >= 11 is 1.42. The van der Waals surface area contributed by atoms with Crippen molar-refractivity contribution < 1.29 is 14.3 Å². The third kappa shape index (κ3) is 7.26. The van der Waals surface area contributed by atoms with Crippen LogP contribution in [0.2, 0.25) is 0 Å². The number of ether oxygens (including phenoxy) is 1.